The SMILES string of the molecule is CN(CC1CCCN1C)C(=O)NC1(CC(=O)O)CCCC1. The monoisotopic (exact) mass is 297 g/mol. The molecule has 0 aromatic heterocycles. The Morgan fingerprint density at radius 2 is 2.00 bits per heavy atom. The van der Waals surface area contributed by atoms with E-state index in [1.54, 1.807) is 11.9 Å². The molecule has 2 fully saturated rings. The molecule has 21 heavy (non-hydrogen) atoms. The number of nitrogens with zero attached hydrogens (tertiary/aromatic N) is 2. The van der Waals surface area contributed by atoms with Crippen molar-refractivity contribution in [3.63, 3.8) is 0 Å². The zero-order valence-corrected chi connectivity index (χ0v) is 13.1. The van der Waals surface area contributed by atoms with Gasteiger partial charge in [0.05, 0.1) is 12.0 Å². The molecular weight excluding hydrogens is 270 g/mol. The van der Waals surface area contributed by atoms with Crippen molar-refractivity contribution in [3.05, 3.63) is 0 Å². The molecule has 1 atom stereocenters. The molecule has 6 nitrogen and oxygen atoms in total. The van der Waals surface area contributed by atoms with Gasteiger partial charge < -0.3 is 20.2 Å². The molecule has 0 radical (unpaired) electrons. The van der Waals surface area contributed by atoms with Gasteiger partial charge in [0.2, 0.25) is 0 Å². The predicted molar refractivity (Wildman–Crippen MR) is 80.3 cm³/mol. The van der Waals surface area contributed by atoms with E-state index >= 15 is 0 Å². The number of likely N-dealkylation sites (N-methyl/N-ethyl adjacent to an activating group) is 2. The van der Waals surface area contributed by atoms with E-state index in [1.165, 1.54) is 6.42 Å². The summed E-state index contributed by atoms with van der Waals surface area (Å²) in [6.45, 7) is 1.79. The van der Waals surface area contributed by atoms with Gasteiger partial charge in [-0.25, -0.2) is 4.79 Å². The second-order valence-electron chi connectivity index (χ2n) is 6.65. The Morgan fingerprint density at radius 1 is 1.33 bits per heavy atom. The van der Waals surface area contributed by atoms with Crippen LogP contribution in [0.4, 0.5) is 4.79 Å². The van der Waals surface area contributed by atoms with E-state index < -0.39 is 11.5 Å². The van der Waals surface area contributed by atoms with Gasteiger partial charge in [-0.15, -0.1) is 0 Å². The van der Waals surface area contributed by atoms with Gasteiger partial charge in [-0.3, -0.25) is 4.79 Å². The normalized spacial score (nSPS) is 25.0. The average molecular weight is 297 g/mol. The second-order valence-corrected chi connectivity index (χ2v) is 6.65. The number of rotatable bonds is 5. The lowest BCUT2D eigenvalue weighted by Crippen LogP contribution is -2.53. The lowest BCUT2D eigenvalue weighted by atomic mass is 9.93. The summed E-state index contributed by atoms with van der Waals surface area (Å²) in [7, 11) is 3.89. The van der Waals surface area contributed by atoms with Gasteiger partial charge >= 0.3 is 12.0 Å². The zero-order chi connectivity index (χ0) is 15.5. The molecule has 120 valence electrons. The van der Waals surface area contributed by atoms with Crippen LogP contribution in [-0.4, -0.2) is 65.7 Å². The summed E-state index contributed by atoms with van der Waals surface area (Å²) in [5, 5.41) is 12.1. The van der Waals surface area contributed by atoms with Crippen molar-refractivity contribution in [2.75, 3.05) is 27.2 Å². The van der Waals surface area contributed by atoms with Gasteiger partial charge in [-0.1, -0.05) is 12.8 Å². The number of nitrogens with one attached hydrogen (secondary N) is 1. The topological polar surface area (TPSA) is 72.9 Å². The lowest BCUT2D eigenvalue weighted by molar-refractivity contribution is -0.138. The maximum atomic E-state index is 12.4. The van der Waals surface area contributed by atoms with Gasteiger partial charge in [0.1, 0.15) is 0 Å². The van der Waals surface area contributed by atoms with Crippen LogP contribution in [-0.2, 0) is 4.79 Å². The number of amides is 2. The van der Waals surface area contributed by atoms with Crippen LogP contribution >= 0.6 is 0 Å². The molecule has 2 aliphatic rings. The summed E-state index contributed by atoms with van der Waals surface area (Å²) in [5.41, 5.74) is -0.543. The zero-order valence-electron chi connectivity index (χ0n) is 13.1. The van der Waals surface area contributed by atoms with Crippen LogP contribution in [0.15, 0.2) is 0 Å². The smallest absolute Gasteiger partial charge is 0.317 e. The fraction of sp³-hybridized carbons (Fsp3) is 0.867. The highest BCUT2D eigenvalue weighted by atomic mass is 16.4. The van der Waals surface area contributed by atoms with Crippen LogP contribution in [0.5, 0.6) is 0 Å². The van der Waals surface area contributed by atoms with E-state index in [4.69, 9.17) is 5.11 Å². The summed E-state index contributed by atoms with van der Waals surface area (Å²) in [5.74, 6) is -0.838. The molecule has 1 saturated carbocycles. The van der Waals surface area contributed by atoms with Crippen molar-refractivity contribution in [1.82, 2.24) is 15.1 Å². The standard InChI is InChI=1S/C15H27N3O3/c1-17-9-5-6-12(17)11-18(2)14(21)16-15(10-13(19)20)7-3-4-8-15/h12H,3-11H2,1-2H3,(H,16,21)(H,19,20). The van der Waals surface area contributed by atoms with Crippen LogP contribution in [0.2, 0.25) is 0 Å². The molecule has 2 amide bonds. The Kier molecular flexibility index (Phi) is 5.08. The number of hydrogen-bond acceptors (Lipinski definition) is 3. The van der Waals surface area contributed by atoms with E-state index in [-0.39, 0.29) is 12.5 Å². The summed E-state index contributed by atoms with van der Waals surface area (Å²) in [6.07, 6.45) is 5.83. The molecule has 0 aromatic carbocycles. The molecule has 1 heterocycles. The molecule has 6 heteroatoms. The van der Waals surface area contributed by atoms with Crippen LogP contribution in [0, 0.1) is 0 Å². The molecule has 1 aliphatic carbocycles. The Balaban J connectivity index is 1.90. The van der Waals surface area contributed by atoms with Crippen molar-refractivity contribution in [2.24, 2.45) is 0 Å². The van der Waals surface area contributed by atoms with E-state index in [9.17, 15) is 9.59 Å². The van der Waals surface area contributed by atoms with Crippen molar-refractivity contribution in [1.29, 1.82) is 0 Å². The molecule has 2 rings (SSSR count). The number of carbonyl (C=O) groups excluding carboxylic acids is 1. The highest BCUT2D eigenvalue weighted by Gasteiger charge is 2.38. The van der Waals surface area contributed by atoms with Gasteiger partial charge in [-0.05, 0) is 39.3 Å². The van der Waals surface area contributed by atoms with E-state index in [0.29, 0.717) is 12.6 Å². The van der Waals surface area contributed by atoms with Crippen LogP contribution in [0.25, 0.3) is 0 Å². The predicted octanol–water partition coefficient (Wildman–Crippen LogP) is 1.51. The summed E-state index contributed by atoms with van der Waals surface area (Å²) >= 11 is 0. The molecule has 2 N–H and O–H groups in total. The third kappa shape index (κ3) is 4.09. The van der Waals surface area contributed by atoms with Crippen molar-refractivity contribution in [2.45, 2.75) is 56.5 Å². The Hall–Kier alpha value is -1.30. The second kappa shape index (κ2) is 6.64. The first-order valence-corrected chi connectivity index (χ1v) is 7.87. The number of carboxylic acid groups (broad SMARTS) is 1. The largest absolute Gasteiger partial charge is 0.481 e. The Labute approximate surface area is 126 Å². The highest BCUT2D eigenvalue weighted by molar-refractivity contribution is 5.77. The summed E-state index contributed by atoms with van der Waals surface area (Å²) in [6, 6.07) is 0.276. The van der Waals surface area contributed by atoms with Gasteiger partial charge in [0.25, 0.3) is 0 Å². The van der Waals surface area contributed by atoms with Gasteiger partial charge in [0.15, 0.2) is 0 Å². The molecular formula is C15H27N3O3. The number of likely N-dealkylation sites (tertiary alicyclic amines) is 1. The first-order valence-electron chi connectivity index (χ1n) is 7.87. The number of carbonyl (C=O) groups is 2. The molecule has 1 saturated heterocycles. The molecule has 1 aliphatic heterocycles. The van der Waals surface area contributed by atoms with Crippen LogP contribution < -0.4 is 5.32 Å². The summed E-state index contributed by atoms with van der Waals surface area (Å²) < 4.78 is 0. The maximum absolute atomic E-state index is 12.4. The van der Waals surface area contributed by atoms with E-state index in [2.05, 4.69) is 17.3 Å². The van der Waals surface area contributed by atoms with Crippen LogP contribution in [0.3, 0.4) is 0 Å². The minimum Gasteiger partial charge on any atom is -0.481 e. The van der Waals surface area contributed by atoms with Crippen LogP contribution in [0.1, 0.15) is 44.9 Å². The van der Waals surface area contributed by atoms with Crippen molar-refractivity contribution in [3.8, 4) is 0 Å². The Morgan fingerprint density at radius 3 is 2.52 bits per heavy atom. The van der Waals surface area contributed by atoms with Gasteiger partial charge in [0, 0.05) is 19.6 Å². The minimum absolute atomic E-state index is 0.0237. The fourth-order valence-electron chi connectivity index (χ4n) is 3.62. The number of aliphatic carboxylic acids is 1. The van der Waals surface area contributed by atoms with E-state index in [1.807, 2.05) is 0 Å². The van der Waals surface area contributed by atoms with Gasteiger partial charge in [-0.2, -0.15) is 0 Å². The van der Waals surface area contributed by atoms with Crippen molar-refractivity contribution >= 4 is 12.0 Å². The number of carboxylic acids is 1. The summed E-state index contributed by atoms with van der Waals surface area (Å²) in [4.78, 5) is 27.4. The molecule has 0 aromatic rings. The lowest BCUT2D eigenvalue weighted by Gasteiger charge is -2.33. The Bertz CT molecular complexity index is 394. The quantitative estimate of drug-likeness (QED) is 0.807. The fourth-order valence-corrected chi connectivity index (χ4v) is 3.62. The third-order valence-corrected chi connectivity index (χ3v) is 4.93. The minimum atomic E-state index is -0.838. The highest BCUT2D eigenvalue weighted by Crippen LogP contribution is 2.32. The molecule has 0 bridgehead atoms. The molecule has 0 spiro atoms. The molecule has 1 unspecified atom stereocenters. The average Bonchev–Trinajstić information content (AvgIpc) is 2.99. The number of hydrogen-bond donors (Lipinski definition) is 2. The first kappa shape index (κ1) is 16.1. The first-order chi connectivity index (χ1) is 9.92. The van der Waals surface area contributed by atoms with Crippen molar-refractivity contribution < 1.29 is 14.7 Å². The third-order valence-electron chi connectivity index (χ3n) is 4.93. The maximum Gasteiger partial charge on any atom is 0.317 e. The number of urea groups is 1. The van der Waals surface area contributed by atoms with E-state index in [0.717, 1.165) is 38.6 Å².